The van der Waals surface area contributed by atoms with Crippen LogP contribution in [0.3, 0.4) is 0 Å². The molecule has 0 amide bonds. The fourth-order valence-electron chi connectivity index (χ4n) is 1.78. The molecular formula is C10H21NO2. The first-order valence-electron chi connectivity index (χ1n) is 5.10. The van der Waals surface area contributed by atoms with Gasteiger partial charge in [-0.15, -0.1) is 0 Å². The third kappa shape index (κ3) is 3.25. The van der Waals surface area contributed by atoms with Gasteiger partial charge in [-0.3, -0.25) is 0 Å². The van der Waals surface area contributed by atoms with E-state index in [4.69, 9.17) is 9.47 Å². The first kappa shape index (κ1) is 11.0. The van der Waals surface area contributed by atoms with E-state index >= 15 is 0 Å². The van der Waals surface area contributed by atoms with Crippen molar-refractivity contribution in [2.45, 2.75) is 19.8 Å². The topological polar surface area (TPSA) is 30.5 Å². The summed E-state index contributed by atoms with van der Waals surface area (Å²) in [6, 6.07) is 0. The van der Waals surface area contributed by atoms with Crippen LogP contribution in [0.15, 0.2) is 0 Å². The van der Waals surface area contributed by atoms with Gasteiger partial charge in [0.2, 0.25) is 0 Å². The molecule has 0 bridgehead atoms. The molecule has 78 valence electrons. The van der Waals surface area contributed by atoms with Crippen molar-refractivity contribution < 1.29 is 9.47 Å². The van der Waals surface area contributed by atoms with E-state index in [1.165, 1.54) is 6.42 Å². The van der Waals surface area contributed by atoms with Crippen molar-refractivity contribution in [2.75, 3.05) is 40.0 Å². The summed E-state index contributed by atoms with van der Waals surface area (Å²) in [4.78, 5) is 0. The Morgan fingerprint density at radius 3 is 2.92 bits per heavy atom. The van der Waals surface area contributed by atoms with E-state index in [0.29, 0.717) is 5.41 Å². The largest absolute Gasteiger partial charge is 0.385 e. The van der Waals surface area contributed by atoms with E-state index in [2.05, 4.69) is 12.2 Å². The minimum absolute atomic E-state index is 0.339. The van der Waals surface area contributed by atoms with E-state index in [0.717, 1.165) is 39.3 Å². The zero-order valence-electron chi connectivity index (χ0n) is 8.77. The molecule has 1 unspecified atom stereocenters. The fourth-order valence-corrected chi connectivity index (χ4v) is 1.78. The van der Waals surface area contributed by atoms with Crippen molar-refractivity contribution in [3.8, 4) is 0 Å². The average Bonchev–Trinajstić information content (AvgIpc) is 2.61. The Bertz CT molecular complexity index is 123. The van der Waals surface area contributed by atoms with E-state index < -0.39 is 0 Å². The van der Waals surface area contributed by atoms with Crippen LogP contribution in [0.5, 0.6) is 0 Å². The van der Waals surface area contributed by atoms with Gasteiger partial charge in [-0.25, -0.2) is 0 Å². The Morgan fingerprint density at radius 2 is 2.38 bits per heavy atom. The van der Waals surface area contributed by atoms with E-state index in [1.807, 2.05) is 0 Å². The van der Waals surface area contributed by atoms with Crippen LogP contribution in [0.4, 0.5) is 0 Å². The summed E-state index contributed by atoms with van der Waals surface area (Å²) in [6.45, 7) is 6.88. The van der Waals surface area contributed by atoms with Crippen LogP contribution in [0.1, 0.15) is 19.8 Å². The Labute approximate surface area is 80.8 Å². The van der Waals surface area contributed by atoms with Crippen LogP contribution < -0.4 is 5.32 Å². The van der Waals surface area contributed by atoms with Gasteiger partial charge in [0.15, 0.2) is 0 Å². The van der Waals surface area contributed by atoms with Crippen molar-refractivity contribution in [1.82, 2.24) is 5.32 Å². The Morgan fingerprint density at radius 1 is 1.54 bits per heavy atom. The quantitative estimate of drug-likeness (QED) is 0.674. The fraction of sp³-hybridized carbons (Fsp3) is 1.00. The van der Waals surface area contributed by atoms with Crippen molar-refractivity contribution >= 4 is 0 Å². The molecule has 13 heavy (non-hydrogen) atoms. The maximum absolute atomic E-state index is 5.46. The first-order valence-corrected chi connectivity index (χ1v) is 5.10. The Balaban J connectivity index is 2.33. The second-order valence-corrected chi connectivity index (χ2v) is 3.83. The van der Waals surface area contributed by atoms with Gasteiger partial charge >= 0.3 is 0 Å². The van der Waals surface area contributed by atoms with Gasteiger partial charge in [0.25, 0.3) is 0 Å². The summed E-state index contributed by atoms with van der Waals surface area (Å²) in [5, 5.41) is 3.40. The van der Waals surface area contributed by atoms with Crippen LogP contribution in [0.2, 0.25) is 0 Å². The lowest BCUT2D eigenvalue weighted by Gasteiger charge is -2.27. The number of nitrogens with one attached hydrogen (secondary N) is 1. The minimum Gasteiger partial charge on any atom is -0.385 e. The van der Waals surface area contributed by atoms with Gasteiger partial charge in [-0.05, 0) is 19.4 Å². The standard InChI is InChI=1S/C10H21NO2/c1-3-11-8-10(4-6-12-2)5-7-13-9-10/h11H,3-9H2,1-2H3. The van der Waals surface area contributed by atoms with Crippen LogP contribution in [0.25, 0.3) is 0 Å². The van der Waals surface area contributed by atoms with Gasteiger partial charge in [0.05, 0.1) is 6.61 Å². The molecule has 0 aromatic carbocycles. The molecule has 3 nitrogen and oxygen atoms in total. The molecule has 1 atom stereocenters. The summed E-state index contributed by atoms with van der Waals surface area (Å²) in [5.41, 5.74) is 0.339. The minimum atomic E-state index is 0.339. The summed E-state index contributed by atoms with van der Waals surface area (Å²) in [7, 11) is 1.76. The molecular weight excluding hydrogens is 166 g/mol. The van der Waals surface area contributed by atoms with E-state index in [-0.39, 0.29) is 0 Å². The van der Waals surface area contributed by atoms with Crippen molar-refractivity contribution in [1.29, 1.82) is 0 Å². The van der Waals surface area contributed by atoms with Crippen molar-refractivity contribution in [2.24, 2.45) is 5.41 Å². The zero-order valence-corrected chi connectivity index (χ0v) is 8.77. The van der Waals surface area contributed by atoms with E-state index in [1.54, 1.807) is 7.11 Å². The molecule has 1 N–H and O–H groups in total. The SMILES string of the molecule is CCNCC1(CCOC)CCOC1. The number of methoxy groups -OCH3 is 1. The highest BCUT2D eigenvalue weighted by atomic mass is 16.5. The summed E-state index contributed by atoms with van der Waals surface area (Å²) in [5.74, 6) is 0. The van der Waals surface area contributed by atoms with Gasteiger partial charge in [0, 0.05) is 32.3 Å². The molecule has 3 heteroatoms. The van der Waals surface area contributed by atoms with Crippen molar-refractivity contribution in [3.05, 3.63) is 0 Å². The molecule has 1 rings (SSSR count). The molecule has 1 fully saturated rings. The molecule has 1 aliphatic rings. The molecule has 1 saturated heterocycles. The lowest BCUT2D eigenvalue weighted by atomic mass is 9.84. The molecule has 0 radical (unpaired) electrons. The van der Waals surface area contributed by atoms with Crippen molar-refractivity contribution in [3.63, 3.8) is 0 Å². The van der Waals surface area contributed by atoms with Gasteiger partial charge < -0.3 is 14.8 Å². The highest BCUT2D eigenvalue weighted by Gasteiger charge is 2.33. The van der Waals surface area contributed by atoms with Crippen LogP contribution >= 0.6 is 0 Å². The molecule has 0 saturated carbocycles. The monoisotopic (exact) mass is 187 g/mol. The zero-order chi connectivity index (χ0) is 9.57. The smallest absolute Gasteiger partial charge is 0.0536 e. The van der Waals surface area contributed by atoms with Crippen LogP contribution in [-0.2, 0) is 9.47 Å². The summed E-state index contributed by atoms with van der Waals surface area (Å²) >= 11 is 0. The molecule has 1 heterocycles. The van der Waals surface area contributed by atoms with Gasteiger partial charge in [-0.1, -0.05) is 6.92 Å². The summed E-state index contributed by atoms with van der Waals surface area (Å²) < 4.78 is 10.6. The third-order valence-corrected chi connectivity index (χ3v) is 2.77. The predicted octanol–water partition coefficient (Wildman–Crippen LogP) is 1.04. The average molecular weight is 187 g/mol. The van der Waals surface area contributed by atoms with E-state index in [9.17, 15) is 0 Å². The van der Waals surface area contributed by atoms with Gasteiger partial charge in [0.1, 0.15) is 0 Å². The highest BCUT2D eigenvalue weighted by Crippen LogP contribution is 2.31. The number of ether oxygens (including phenoxy) is 2. The van der Waals surface area contributed by atoms with Crippen LogP contribution in [0, 0.1) is 5.41 Å². The maximum Gasteiger partial charge on any atom is 0.0536 e. The number of rotatable bonds is 6. The summed E-state index contributed by atoms with van der Waals surface area (Å²) in [6.07, 6.45) is 2.28. The van der Waals surface area contributed by atoms with Crippen LogP contribution in [-0.4, -0.2) is 40.0 Å². The second-order valence-electron chi connectivity index (χ2n) is 3.83. The third-order valence-electron chi connectivity index (χ3n) is 2.77. The normalized spacial score (nSPS) is 28.2. The second kappa shape index (κ2) is 5.58. The molecule has 1 aliphatic heterocycles. The first-order chi connectivity index (χ1) is 6.33. The molecule has 0 aliphatic carbocycles. The molecule has 0 aromatic heterocycles. The Kier molecular flexibility index (Phi) is 4.70. The maximum atomic E-state index is 5.46. The lowest BCUT2D eigenvalue weighted by molar-refractivity contribution is 0.107. The predicted molar refractivity (Wildman–Crippen MR) is 52.9 cm³/mol. The highest BCUT2D eigenvalue weighted by molar-refractivity contribution is 4.85. The Hall–Kier alpha value is -0.120. The number of hydrogen-bond acceptors (Lipinski definition) is 3. The molecule has 0 spiro atoms. The lowest BCUT2D eigenvalue weighted by Crippen LogP contribution is -2.35. The number of hydrogen-bond donors (Lipinski definition) is 1. The molecule has 0 aromatic rings. The van der Waals surface area contributed by atoms with Gasteiger partial charge in [-0.2, -0.15) is 0 Å².